The van der Waals surface area contributed by atoms with Gasteiger partial charge in [0.2, 0.25) is 11.7 Å². The quantitative estimate of drug-likeness (QED) is 0.548. The van der Waals surface area contributed by atoms with Crippen molar-refractivity contribution in [2.75, 3.05) is 13.2 Å². The molecule has 6 nitrogen and oxygen atoms in total. The van der Waals surface area contributed by atoms with E-state index < -0.39 is 0 Å². The Labute approximate surface area is 164 Å². The van der Waals surface area contributed by atoms with Gasteiger partial charge in [-0.2, -0.15) is 4.98 Å². The van der Waals surface area contributed by atoms with Crippen molar-refractivity contribution < 1.29 is 14.1 Å². The second-order valence-electron chi connectivity index (χ2n) is 6.31. The van der Waals surface area contributed by atoms with E-state index in [9.17, 15) is 4.79 Å². The van der Waals surface area contributed by atoms with Crippen molar-refractivity contribution in [3.8, 4) is 17.1 Å². The molecule has 2 aromatic carbocycles. The number of hydrogen-bond donors (Lipinski definition) is 0. The summed E-state index contributed by atoms with van der Waals surface area (Å²) in [4.78, 5) is 18.9. The van der Waals surface area contributed by atoms with Crippen LogP contribution >= 0.6 is 0 Å². The van der Waals surface area contributed by atoms with E-state index in [2.05, 4.69) is 16.7 Å². The molecule has 0 bridgehead atoms. The van der Waals surface area contributed by atoms with E-state index in [4.69, 9.17) is 9.26 Å². The van der Waals surface area contributed by atoms with Crippen molar-refractivity contribution in [2.45, 2.75) is 20.4 Å². The van der Waals surface area contributed by atoms with Crippen molar-refractivity contribution in [1.29, 1.82) is 0 Å². The van der Waals surface area contributed by atoms with Crippen LogP contribution in [-0.4, -0.2) is 34.1 Å². The molecule has 0 unspecified atom stereocenters. The Kier molecular flexibility index (Phi) is 6.22. The minimum absolute atomic E-state index is 0.141. The summed E-state index contributed by atoms with van der Waals surface area (Å²) in [6.45, 7) is 8.82. The summed E-state index contributed by atoms with van der Waals surface area (Å²) in [7, 11) is 0. The lowest BCUT2D eigenvalue weighted by atomic mass is 10.1. The summed E-state index contributed by atoms with van der Waals surface area (Å²) in [5.74, 6) is 1.47. The highest BCUT2D eigenvalue weighted by Crippen LogP contribution is 2.19. The number of carbonyl (C=O) groups is 1. The van der Waals surface area contributed by atoms with E-state index in [1.165, 1.54) is 0 Å². The van der Waals surface area contributed by atoms with Crippen LogP contribution in [0.1, 0.15) is 28.7 Å². The van der Waals surface area contributed by atoms with Gasteiger partial charge >= 0.3 is 0 Å². The first-order valence-corrected chi connectivity index (χ1v) is 9.13. The lowest BCUT2D eigenvalue weighted by molar-refractivity contribution is 0.0745. The molecule has 1 aromatic heterocycles. The zero-order valence-electron chi connectivity index (χ0n) is 16.1. The molecular weight excluding hydrogens is 354 g/mol. The topological polar surface area (TPSA) is 68.5 Å². The second-order valence-corrected chi connectivity index (χ2v) is 6.31. The molecule has 0 saturated heterocycles. The summed E-state index contributed by atoms with van der Waals surface area (Å²) in [6, 6.07) is 14.9. The van der Waals surface area contributed by atoms with E-state index in [0.717, 1.165) is 16.9 Å². The van der Waals surface area contributed by atoms with Gasteiger partial charge < -0.3 is 14.2 Å². The van der Waals surface area contributed by atoms with Crippen molar-refractivity contribution in [3.63, 3.8) is 0 Å². The van der Waals surface area contributed by atoms with Gasteiger partial charge in [-0.25, -0.2) is 0 Å². The van der Waals surface area contributed by atoms with E-state index >= 15 is 0 Å². The average Bonchev–Trinajstić information content (AvgIpc) is 3.17. The average molecular weight is 377 g/mol. The number of nitrogens with zero attached hydrogens (tertiary/aromatic N) is 3. The van der Waals surface area contributed by atoms with Crippen LogP contribution in [0.5, 0.6) is 5.75 Å². The normalized spacial score (nSPS) is 10.5. The summed E-state index contributed by atoms with van der Waals surface area (Å²) in [5.41, 5.74) is 2.55. The molecule has 0 aliphatic heterocycles. The number of aryl methyl sites for hydroxylation is 1. The Morgan fingerprint density at radius 1 is 1.25 bits per heavy atom. The molecule has 1 amide bonds. The number of aromatic nitrogens is 2. The Morgan fingerprint density at radius 2 is 2.04 bits per heavy atom. The molecule has 0 radical (unpaired) electrons. The molecule has 6 heteroatoms. The standard InChI is InChI=1S/C22H23N3O3/c1-4-13-25(22(26)17-9-11-19(12-10-17)27-5-2)15-20-23-21(24-28-20)18-8-6-7-16(3)14-18/h4,6-12,14H,1,5,13,15H2,2-3H3. The summed E-state index contributed by atoms with van der Waals surface area (Å²) >= 11 is 0. The Balaban J connectivity index is 1.75. The van der Waals surface area contributed by atoms with E-state index in [0.29, 0.717) is 30.4 Å². The van der Waals surface area contributed by atoms with Crippen LogP contribution in [-0.2, 0) is 6.54 Å². The minimum atomic E-state index is -0.141. The van der Waals surface area contributed by atoms with Gasteiger partial charge in [0, 0.05) is 17.7 Å². The Bertz CT molecular complexity index is 948. The summed E-state index contributed by atoms with van der Waals surface area (Å²) < 4.78 is 10.8. The fourth-order valence-corrected chi connectivity index (χ4v) is 2.80. The van der Waals surface area contributed by atoms with Crippen LogP contribution in [0.3, 0.4) is 0 Å². The van der Waals surface area contributed by atoms with Gasteiger partial charge in [0.25, 0.3) is 5.91 Å². The fraction of sp³-hybridized carbons (Fsp3) is 0.227. The highest BCUT2D eigenvalue weighted by molar-refractivity contribution is 5.94. The van der Waals surface area contributed by atoms with Crippen LogP contribution in [0.4, 0.5) is 0 Å². The monoisotopic (exact) mass is 377 g/mol. The predicted octanol–water partition coefficient (Wildman–Crippen LogP) is 4.27. The highest BCUT2D eigenvalue weighted by atomic mass is 16.5. The zero-order chi connectivity index (χ0) is 19.9. The van der Waals surface area contributed by atoms with Gasteiger partial charge in [-0.1, -0.05) is 35.0 Å². The van der Waals surface area contributed by atoms with Crippen molar-refractivity contribution in [2.24, 2.45) is 0 Å². The zero-order valence-corrected chi connectivity index (χ0v) is 16.1. The lowest BCUT2D eigenvalue weighted by Crippen LogP contribution is -2.30. The molecule has 0 aliphatic rings. The fourth-order valence-electron chi connectivity index (χ4n) is 2.80. The van der Waals surface area contributed by atoms with Crippen LogP contribution in [0.2, 0.25) is 0 Å². The largest absolute Gasteiger partial charge is 0.494 e. The third-order valence-electron chi connectivity index (χ3n) is 4.12. The molecule has 0 spiro atoms. The van der Waals surface area contributed by atoms with Gasteiger partial charge in [-0.3, -0.25) is 4.79 Å². The number of rotatable bonds is 8. The number of ether oxygens (including phenoxy) is 1. The third-order valence-corrected chi connectivity index (χ3v) is 4.12. The molecule has 0 fully saturated rings. The van der Waals surface area contributed by atoms with Gasteiger partial charge in [0.1, 0.15) is 12.3 Å². The number of hydrogen-bond acceptors (Lipinski definition) is 5. The molecule has 0 N–H and O–H groups in total. The first-order chi connectivity index (χ1) is 13.6. The van der Waals surface area contributed by atoms with Crippen LogP contribution in [0, 0.1) is 6.92 Å². The predicted molar refractivity (Wildman–Crippen MR) is 107 cm³/mol. The van der Waals surface area contributed by atoms with Crippen LogP contribution in [0.25, 0.3) is 11.4 Å². The molecule has 1 heterocycles. The van der Waals surface area contributed by atoms with E-state index in [1.807, 2.05) is 38.1 Å². The van der Waals surface area contributed by atoms with Gasteiger partial charge in [0.05, 0.1) is 6.61 Å². The van der Waals surface area contributed by atoms with Gasteiger partial charge in [0.15, 0.2) is 0 Å². The minimum Gasteiger partial charge on any atom is -0.494 e. The summed E-state index contributed by atoms with van der Waals surface area (Å²) in [6.07, 6.45) is 1.67. The Morgan fingerprint density at radius 3 is 2.71 bits per heavy atom. The Hall–Kier alpha value is -3.41. The summed E-state index contributed by atoms with van der Waals surface area (Å²) in [5, 5.41) is 4.04. The van der Waals surface area contributed by atoms with Crippen molar-refractivity contribution >= 4 is 5.91 Å². The molecule has 3 aromatic rings. The van der Waals surface area contributed by atoms with Gasteiger partial charge in [-0.15, -0.1) is 6.58 Å². The number of amides is 1. The van der Waals surface area contributed by atoms with E-state index in [1.54, 1.807) is 35.2 Å². The van der Waals surface area contributed by atoms with Crippen LogP contribution in [0.15, 0.2) is 65.7 Å². The first-order valence-electron chi connectivity index (χ1n) is 9.13. The third kappa shape index (κ3) is 4.65. The maximum Gasteiger partial charge on any atom is 0.254 e. The lowest BCUT2D eigenvalue weighted by Gasteiger charge is -2.19. The van der Waals surface area contributed by atoms with Crippen molar-refractivity contribution in [1.82, 2.24) is 15.0 Å². The maximum absolute atomic E-state index is 12.9. The second kappa shape index (κ2) is 8.99. The molecule has 3 rings (SSSR count). The molecule has 0 saturated carbocycles. The highest BCUT2D eigenvalue weighted by Gasteiger charge is 2.19. The molecule has 144 valence electrons. The molecule has 28 heavy (non-hydrogen) atoms. The smallest absolute Gasteiger partial charge is 0.254 e. The van der Waals surface area contributed by atoms with E-state index in [-0.39, 0.29) is 12.5 Å². The number of carbonyl (C=O) groups excluding carboxylic acids is 1. The van der Waals surface area contributed by atoms with Gasteiger partial charge in [-0.05, 0) is 44.2 Å². The first kappa shape index (κ1) is 19.4. The SMILES string of the molecule is C=CCN(Cc1nc(-c2cccc(C)c2)no1)C(=O)c1ccc(OCC)cc1. The van der Waals surface area contributed by atoms with Crippen LogP contribution < -0.4 is 4.74 Å². The number of benzene rings is 2. The molecule has 0 atom stereocenters. The maximum atomic E-state index is 12.9. The van der Waals surface area contributed by atoms with Crippen molar-refractivity contribution in [3.05, 3.63) is 78.2 Å². The molecule has 0 aliphatic carbocycles. The molecular formula is C22H23N3O3.